The quantitative estimate of drug-likeness (QED) is 0.828. The fourth-order valence-corrected chi connectivity index (χ4v) is 1.55. The minimum atomic E-state index is -0.670. The number of nitrogens with two attached hydrogens (primary N) is 1. The van der Waals surface area contributed by atoms with E-state index in [1.165, 1.54) is 0 Å². The van der Waals surface area contributed by atoms with Crippen molar-refractivity contribution in [3.05, 3.63) is 34.4 Å². The van der Waals surface area contributed by atoms with E-state index in [9.17, 15) is 8.78 Å². The van der Waals surface area contributed by atoms with Crippen molar-refractivity contribution in [1.82, 2.24) is 0 Å². The maximum absolute atomic E-state index is 13.3. The van der Waals surface area contributed by atoms with E-state index < -0.39 is 17.7 Å². The van der Waals surface area contributed by atoms with Crippen LogP contribution in [-0.4, -0.2) is 0 Å². The zero-order valence-electron chi connectivity index (χ0n) is 7.86. The Bertz CT molecular complexity index is 305. The molecule has 1 rings (SSSR count). The van der Waals surface area contributed by atoms with Gasteiger partial charge in [-0.1, -0.05) is 24.9 Å². The highest BCUT2D eigenvalue weighted by Gasteiger charge is 2.16. The maximum Gasteiger partial charge on any atom is 0.132 e. The third kappa shape index (κ3) is 2.42. The van der Waals surface area contributed by atoms with Crippen LogP contribution < -0.4 is 5.73 Å². The van der Waals surface area contributed by atoms with Crippen LogP contribution in [0.4, 0.5) is 8.78 Å². The summed E-state index contributed by atoms with van der Waals surface area (Å²) in [4.78, 5) is 0. The Morgan fingerprint density at radius 2 is 1.86 bits per heavy atom. The summed E-state index contributed by atoms with van der Waals surface area (Å²) in [6.07, 6.45) is 1.33. The van der Waals surface area contributed by atoms with Crippen LogP contribution in [0.1, 0.15) is 31.4 Å². The molecule has 78 valence electrons. The van der Waals surface area contributed by atoms with Crippen molar-refractivity contribution >= 4 is 11.6 Å². The van der Waals surface area contributed by atoms with Gasteiger partial charge >= 0.3 is 0 Å². The first-order valence-corrected chi connectivity index (χ1v) is 4.84. The molecule has 4 heteroatoms. The molecule has 1 unspecified atom stereocenters. The Kier molecular flexibility index (Phi) is 3.84. The Labute approximate surface area is 86.9 Å². The molecule has 0 saturated carbocycles. The molecule has 0 spiro atoms. The van der Waals surface area contributed by atoms with Crippen LogP contribution in [0.5, 0.6) is 0 Å². The van der Waals surface area contributed by atoms with Gasteiger partial charge in [-0.25, -0.2) is 8.78 Å². The molecule has 0 heterocycles. The van der Waals surface area contributed by atoms with Crippen molar-refractivity contribution < 1.29 is 8.78 Å². The van der Waals surface area contributed by atoms with Gasteiger partial charge in [0.05, 0.1) is 0 Å². The largest absolute Gasteiger partial charge is 0.324 e. The van der Waals surface area contributed by atoms with Crippen LogP contribution >= 0.6 is 11.6 Å². The van der Waals surface area contributed by atoms with E-state index in [1.54, 1.807) is 0 Å². The predicted molar refractivity (Wildman–Crippen MR) is 53.2 cm³/mol. The molecule has 0 fully saturated rings. The Balaban J connectivity index is 3.07. The number of hydrogen-bond donors (Lipinski definition) is 1. The van der Waals surface area contributed by atoms with E-state index in [4.69, 9.17) is 17.3 Å². The smallest absolute Gasteiger partial charge is 0.132 e. The number of benzene rings is 1. The molecule has 0 radical (unpaired) electrons. The van der Waals surface area contributed by atoms with Crippen LogP contribution in [0.2, 0.25) is 5.02 Å². The lowest BCUT2D eigenvalue weighted by Gasteiger charge is -2.12. The second-order valence-electron chi connectivity index (χ2n) is 3.18. The van der Waals surface area contributed by atoms with Gasteiger partial charge in [-0.15, -0.1) is 0 Å². The topological polar surface area (TPSA) is 26.0 Å². The van der Waals surface area contributed by atoms with Gasteiger partial charge in [0.15, 0.2) is 0 Å². The molecule has 14 heavy (non-hydrogen) atoms. The Hall–Kier alpha value is -0.670. The third-order valence-corrected chi connectivity index (χ3v) is 2.23. The number of rotatable bonds is 3. The molecule has 0 saturated heterocycles. The van der Waals surface area contributed by atoms with Gasteiger partial charge in [-0.2, -0.15) is 0 Å². The minimum absolute atomic E-state index is 0.0486. The fraction of sp³-hybridized carbons (Fsp3) is 0.400. The van der Waals surface area contributed by atoms with E-state index in [2.05, 4.69) is 0 Å². The summed E-state index contributed by atoms with van der Waals surface area (Å²) in [5.74, 6) is -1.34. The van der Waals surface area contributed by atoms with Crippen LogP contribution in [0.15, 0.2) is 12.1 Å². The number of halogens is 3. The lowest BCUT2D eigenvalue weighted by Crippen LogP contribution is -2.13. The van der Waals surface area contributed by atoms with Crippen molar-refractivity contribution in [3.63, 3.8) is 0 Å². The zero-order chi connectivity index (χ0) is 10.7. The van der Waals surface area contributed by atoms with E-state index >= 15 is 0 Å². The van der Waals surface area contributed by atoms with Crippen molar-refractivity contribution in [2.75, 3.05) is 0 Å². The Morgan fingerprint density at radius 1 is 1.36 bits per heavy atom. The first-order chi connectivity index (χ1) is 6.56. The molecule has 0 aliphatic carbocycles. The summed E-state index contributed by atoms with van der Waals surface area (Å²) in [7, 11) is 0. The van der Waals surface area contributed by atoms with Crippen LogP contribution in [0.3, 0.4) is 0 Å². The van der Waals surface area contributed by atoms with E-state index in [0.29, 0.717) is 6.42 Å². The van der Waals surface area contributed by atoms with Crippen molar-refractivity contribution in [3.8, 4) is 0 Å². The third-order valence-electron chi connectivity index (χ3n) is 2.01. The number of hydrogen-bond acceptors (Lipinski definition) is 1. The SMILES string of the molecule is CCCC(N)c1c(F)cc(Cl)cc1F. The molecule has 0 aliphatic heterocycles. The molecular weight excluding hydrogens is 208 g/mol. The van der Waals surface area contributed by atoms with Gasteiger partial charge in [0.1, 0.15) is 11.6 Å². The molecular formula is C10H12ClF2N. The monoisotopic (exact) mass is 219 g/mol. The first kappa shape index (κ1) is 11.4. The Morgan fingerprint density at radius 3 is 2.29 bits per heavy atom. The zero-order valence-corrected chi connectivity index (χ0v) is 8.61. The average Bonchev–Trinajstić information content (AvgIpc) is 2.01. The lowest BCUT2D eigenvalue weighted by atomic mass is 10.0. The molecule has 0 aromatic heterocycles. The van der Waals surface area contributed by atoms with E-state index in [0.717, 1.165) is 18.6 Å². The van der Waals surface area contributed by atoms with Gasteiger partial charge in [0.2, 0.25) is 0 Å². The van der Waals surface area contributed by atoms with Crippen molar-refractivity contribution in [2.45, 2.75) is 25.8 Å². The van der Waals surface area contributed by atoms with E-state index in [1.807, 2.05) is 6.92 Å². The second-order valence-corrected chi connectivity index (χ2v) is 3.61. The molecule has 1 aromatic carbocycles. The standard InChI is InChI=1S/C10H12ClF2N/c1-2-3-9(14)10-7(12)4-6(11)5-8(10)13/h4-5,9H,2-3,14H2,1H3. The van der Waals surface area contributed by atoms with Crippen LogP contribution in [-0.2, 0) is 0 Å². The maximum atomic E-state index is 13.3. The predicted octanol–water partition coefficient (Wildman–Crippen LogP) is 3.42. The fourth-order valence-electron chi connectivity index (χ4n) is 1.36. The summed E-state index contributed by atoms with van der Waals surface area (Å²) in [5, 5.41) is 0.0486. The summed E-state index contributed by atoms with van der Waals surface area (Å²) in [6, 6.07) is 1.56. The highest BCUT2D eigenvalue weighted by Crippen LogP contribution is 2.25. The molecule has 0 bridgehead atoms. The molecule has 2 N–H and O–H groups in total. The molecule has 1 aromatic rings. The summed E-state index contributed by atoms with van der Waals surface area (Å²) < 4.78 is 26.6. The first-order valence-electron chi connectivity index (χ1n) is 4.46. The minimum Gasteiger partial charge on any atom is -0.324 e. The summed E-state index contributed by atoms with van der Waals surface area (Å²) >= 11 is 5.48. The highest BCUT2D eigenvalue weighted by atomic mass is 35.5. The molecule has 1 nitrogen and oxygen atoms in total. The van der Waals surface area contributed by atoms with E-state index in [-0.39, 0.29) is 10.6 Å². The van der Waals surface area contributed by atoms with Crippen molar-refractivity contribution in [2.24, 2.45) is 5.73 Å². The van der Waals surface area contributed by atoms with Gasteiger partial charge < -0.3 is 5.73 Å². The van der Waals surface area contributed by atoms with Gasteiger partial charge in [0, 0.05) is 16.6 Å². The van der Waals surface area contributed by atoms with Crippen LogP contribution in [0.25, 0.3) is 0 Å². The second kappa shape index (κ2) is 4.71. The van der Waals surface area contributed by atoms with Gasteiger partial charge in [0.25, 0.3) is 0 Å². The van der Waals surface area contributed by atoms with Gasteiger partial charge in [-0.05, 0) is 18.6 Å². The van der Waals surface area contributed by atoms with Crippen molar-refractivity contribution in [1.29, 1.82) is 0 Å². The molecule has 0 aliphatic rings. The van der Waals surface area contributed by atoms with Crippen LogP contribution in [0, 0.1) is 11.6 Å². The summed E-state index contributed by atoms with van der Waals surface area (Å²) in [6.45, 7) is 1.91. The summed E-state index contributed by atoms with van der Waals surface area (Å²) in [5.41, 5.74) is 5.56. The average molecular weight is 220 g/mol. The highest BCUT2D eigenvalue weighted by molar-refractivity contribution is 6.30. The molecule has 0 amide bonds. The lowest BCUT2D eigenvalue weighted by molar-refractivity contribution is 0.510. The normalized spacial score (nSPS) is 12.9. The van der Waals surface area contributed by atoms with Gasteiger partial charge in [-0.3, -0.25) is 0 Å². The molecule has 1 atom stereocenters.